The molecule has 0 unspecified atom stereocenters. The Balaban J connectivity index is 1.95. The minimum atomic E-state index is 0.343. The molecule has 5 heteroatoms. The van der Waals surface area contributed by atoms with Gasteiger partial charge in [-0.15, -0.1) is 11.3 Å². The minimum absolute atomic E-state index is 0.343. The van der Waals surface area contributed by atoms with Crippen molar-refractivity contribution in [3.63, 3.8) is 0 Å². The van der Waals surface area contributed by atoms with Gasteiger partial charge in [-0.2, -0.15) is 0 Å². The minimum Gasteiger partial charge on any atom is -0.381 e. The molecule has 0 radical (unpaired) electrons. The highest BCUT2D eigenvalue weighted by molar-refractivity contribution is 7.09. The van der Waals surface area contributed by atoms with E-state index in [0.29, 0.717) is 11.5 Å². The Kier molecular flexibility index (Phi) is 6.17. The van der Waals surface area contributed by atoms with Crippen LogP contribution in [0.15, 0.2) is 5.51 Å². The third-order valence-corrected chi connectivity index (χ3v) is 5.22. The maximum absolute atomic E-state index is 5.58. The normalized spacial score (nSPS) is 18.6. The molecule has 21 heavy (non-hydrogen) atoms. The van der Waals surface area contributed by atoms with Crippen LogP contribution in [-0.4, -0.2) is 49.3 Å². The summed E-state index contributed by atoms with van der Waals surface area (Å²) in [6.45, 7) is 11.5. The first kappa shape index (κ1) is 16.9. The molecule has 1 N–H and O–H groups in total. The molecule has 2 heterocycles. The highest BCUT2D eigenvalue weighted by Crippen LogP contribution is 2.31. The Labute approximate surface area is 132 Å². The lowest BCUT2D eigenvalue weighted by atomic mass is 9.79. The molecule has 2 rings (SSSR count). The fraction of sp³-hybridized carbons (Fsp3) is 0.812. The van der Waals surface area contributed by atoms with Gasteiger partial charge in [-0.3, -0.25) is 0 Å². The second-order valence-corrected chi connectivity index (χ2v) is 7.62. The van der Waals surface area contributed by atoms with E-state index in [1.165, 1.54) is 10.6 Å². The van der Waals surface area contributed by atoms with Crippen molar-refractivity contribution in [2.24, 2.45) is 5.41 Å². The molecule has 1 fully saturated rings. The van der Waals surface area contributed by atoms with E-state index in [0.717, 1.165) is 45.7 Å². The lowest BCUT2D eigenvalue weighted by Crippen LogP contribution is -2.47. The van der Waals surface area contributed by atoms with Crippen LogP contribution in [0.4, 0.5) is 0 Å². The van der Waals surface area contributed by atoms with Gasteiger partial charge in [0.15, 0.2) is 0 Å². The zero-order chi connectivity index (χ0) is 15.3. The number of hydrogen-bond acceptors (Lipinski definition) is 5. The lowest BCUT2D eigenvalue weighted by molar-refractivity contribution is -0.00239. The predicted molar refractivity (Wildman–Crippen MR) is 88.8 cm³/mol. The molecule has 4 nitrogen and oxygen atoms in total. The van der Waals surface area contributed by atoms with E-state index in [-0.39, 0.29) is 0 Å². The SMILES string of the molecule is Cc1ncsc1CN(C)CC1(CNC(C)C)CCOCC1. The molecule has 1 saturated heterocycles. The number of rotatable bonds is 7. The van der Waals surface area contributed by atoms with Crippen LogP contribution in [0.25, 0.3) is 0 Å². The van der Waals surface area contributed by atoms with E-state index in [4.69, 9.17) is 4.74 Å². The molecule has 1 aliphatic heterocycles. The van der Waals surface area contributed by atoms with Crippen molar-refractivity contribution in [1.29, 1.82) is 0 Å². The van der Waals surface area contributed by atoms with Gasteiger partial charge in [0.05, 0.1) is 11.2 Å². The van der Waals surface area contributed by atoms with Crippen LogP contribution in [0.1, 0.15) is 37.3 Å². The molecular formula is C16H29N3OS. The van der Waals surface area contributed by atoms with Crippen LogP contribution in [0, 0.1) is 12.3 Å². The smallest absolute Gasteiger partial charge is 0.0798 e. The monoisotopic (exact) mass is 311 g/mol. The van der Waals surface area contributed by atoms with Gasteiger partial charge in [-0.05, 0) is 32.2 Å². The van der Waals surface area contributed by atoms with Crippen molar-refractivity contribution in [1.82, 2.24) is 15.2 Å². The molecule has 0 saturated carbocycles. The van der Waals surface area contributed by atoms with Gasteiger partial charge in [0.25, 0.3) is 0 Å². The number of aromatic nitrogens is 1. The standard InChI is InChI=1S/C16H29N3OS/c1-13(2)17-10-16(5-7-20-8-6-16)11-19(4)9-15-14(3)18-12-21-15/h12-13,17H,5-11H2,1-4H3. The van der Waals surface area contributed by atoms with Crippen molar-refractivity contribution >= 4 is 11.3 Å². The molecule has 0 aromatic carbocycles. The van der Waals surface area contributed by atoms with E-state index in [2.05, 4.69) is 43.0 Å². The van der Waals surface area contributed by atoms with Crippen LogP contribution in [-0.2, 0) is 11.3 Å². The number of hydrogen-bond donors (Lipinski definition) is 1. The van der Waals surface area contributed by atoms with Gasteiger partial charge in [0.1, 0.15) is 0 Å². The van der Waals surface area contributed by atoms with Crippen LogP contribution in [0.3, 0.4) is 0 Å². The summed E-state index contributed by atoms with van der Waals surface area (Å²) in [5, 5.41) is 3.64. The average Bonchev–Trinajstić information content (AvgIpc) is 2.83. The number of aryl methyl sites for hydroxylation is 1. The summed E-state index contributed by atoms with van der Waals surface area (Å²) in [7, 11) is 2.23. The van der Waals surface area contributed by atoms with Crippen LogP contribution >= 0.6 is 11.3 Å². The highest BCUT2D eigenvalue weighted by Gasteiger charge is 2.33. The molecular weight excluding hydrogens is 282 g/mol. The summed E-state index contributed by atoms with van der Waals surface area (Å²) in [6.07, 6.45) is 2.30. The van der Waals surface area contributed by atoms with E-state index in [9.17, 15) is 0 Å². The lowest BCUT2D eigenvalue weighted by Gasteiger charge is -2.40. The Hall–Kier alpha value is -0.490. The van der Waals surface area contributed by atoms with Crippen molar-refractivity contribution in [3.8, 4) is 0 Å². The highest BCUT2D eigenvalue weighted by atomic mass is 32.1. The topological polar surface area (TPSA) is 37.4 Å². The zero-order valence-corrected chi connectivity index (χ0v) is 14.6. The van der Waals surface area contributed by atoms with Gasteiger partial charge >= 0.3 is 0 Å². The Morgan fingerprint density at radius 1 is 1.43 bits per heavy atom. The molecule has 0 aliphatic carbocycles. The van der Waals surface area contributed by atoms with Gasteiger partial charge < -0.3 is 15.0 Å². The molecule has 120 valence electrons. The molecule has 0 amide bonds. The van der Waals surface area contributed by atoms with Gasteiger partial charge in [0, 0.05) is 43.8 Å². The second-order valence-electron chi connectivity index (χ2n) is 6.68. The first-order valence-electron chi connectivity index (χ1n) is 7.89. The molecule has 1 aromatic heterocycles. The Morgan fingerprint density at radius 2 is 2.14 bits per heavy atom. The number of thiazole rings is 1. The van der Waals surface area contributed by atoms with Crippen molar-refractivity contribution in [3.05, 3.63) is 16.1 Å². The number of nitrogens with zero attached hydrogens (tertiary/aromatic N) is 2. The van der Waals surface area contributed by atoms with Gasteiger partial charge in [0.2, 0.25) is 0 Å². The van der Waals surface area contributed by atoms with E-state index >= 15 is 0 Å². The van der Waals surface area contributed by atoms with E-state index in [1.807, 2.05) is 5.51 Å². The quantitative estimate of drug-likeness (QED) is 0.840. The predicted octanol–water partition coefficient (Wildman–Crippen LogP) is 2.68. The molecule has 1 aliphatic rings. The summed E-state index contributed by atoms with van der Waals surface area (Å²) < 4.78 is 5.58. The number of ether oxygens (including phenoxy) is 1. The second kappa shape index (κ2) is 7.68. The maximum Gasteiger partial charge on any atom is 0.0798 e. The van der Waals surface area contributed by atoms with Crippen molar-refractivity contribution in [2.45, 2.75) is 46.2 Å². The van der Waals surface area contributed by atoms with Crippen LogP contribution in [0.2, 0.25) is 0 Å². The van der Waals surface area contributed by atoms with Crippen molar-refractivity contribution < 1.29 is 4.74 Å². The summed E-state index contributed by atoms with van der Waals surface area (Å²) >= 11 is 1.76. The van der Waals surface area contributed by atoms with Crippen LogP contribution in [0.5, 0.6) is 0 Å². The van der Waals surface area contributed by atoms with E-state index < -0.39 is 0 Å². The van der Waals surface area contributed by atoms with Crippen LogP contribution < -0.4 is 5.32 Å². The van der Waals surface area contributed by atoms with E-state index in [1.54, 1.807) is 11.3 Å². The van der Waals surface area contributed by atoms with Gasteiger partial charge in [-0.1, -0.05) is 13.8 Å². The fourth-order valence-corrected chi connectivity index (χ4v) is 3.82. The fourth-order valence-electron chi connectivity index (χ4n) is 2.97. The summed E-state index contributed by atoms with van der Waals surface area (Å²) in [5.41, 5.74) is 3.46. The molecule has 0 spiro atoms. The molecule has 0 bridgehead atoms. The Bertz CT molecular complexity index is 427. The summed E-state index contributed by atoms with van der Waals surface area (Å²) in [6, 6.07) is 0.541. The third-order valence-electron chi connectivity index (χ3n) is 4.30. The number of nitrogens with one attached hydrogen (secondary N) is 1. The molecule has 1 aromatic rings. The maximum atomic E-state index is 5.58. The third kappa shape index (κ3) is 5.02. The summed E-state index contributed by atoms with van der Waals surface area (Å²) in [5.74, 6) is 0. The van der Waals surface area contributed by atoms with Crippen molar-refractivity contribution in [2.75, 3.05) is 33.4 Å². The molecule has 0 atom stereocenters. The van der Waals surface area contributed by atoms with Gasteiger partial charge in [-0.25, -0.2) is 4.98 Å². The average molecular weight is 311 g/mol. The first-order valence-corrected chi connectivity index (χ1v) is 8.77. The first-order chi connectivity index (χ1) is 10.0. The zero-order valence-electron chi connectivity index (χ0n) is 13.8. The largest absolute Gasteiger partial charge is 0.381 e. The summed E-state index contributed by atoms with van der Waals surface area (Å²) in [4.78, 5) is 8.19. The Morgan fingerprint density at radius 3 is 2.71 bits per heavy atom.